The minimum Gasteiger partial charge on any atom is -0.345 e. The average molecular weight is 414 g/mol. The van der Waals surface area contributed by atoms with Gasteiger partial charge < -0.3 is 9.88 Å². The average Bonchev–Trinajstić information content (AvgIpc) is 2.91. The number of carbonyl (C=O) groups is 1. The summed E-state index contributed by atoms with van der Waals surface area (Å²) in [6.45, 7) is 4.33. The van der Waals surface area contributed by atoms with Gasteiger partial charge in [-0.25, -0.2) is 8.42 Å². The van der Waals surface area contributed by atoms with Gasteiger partial charge in [0.2, 0.25) is 10.0 Å². The first-order valence-corrected chi connectivity index (χ1v) is 9.76. The standard InChI is InChI=1S/C16H20BrN3O3S/c1-4-20(5-2)24(22,23)14-10-15(19(3)11-14)16(21)18-13-8-6-7-12(17)9-13/h6-11H,4-5H2,1-3H3,(H,18,21). The van der Waals surface area contributed by atoms with Gasteiger partial charge in [0.25, 0.3) is 5.91 Å². The van der Waals surface area contributed by atoms with Gasteiger partial charge in [0.05, 0.1) is 0 Å². The summed E-state index contributed by atoms with van der Waals surface area (Å²) in [5.74, 6) is -0.364. The van der Waals surface area contributed by atoms with Crippen LogP contribution in [0.25, 0.3) is 0 Å². The summed E-state index contributed by atoms with van der Waals surface area (Å²) < 4.78 is 28.8. The van der Waals surface area contributed by atoms with E-state index in [9.17, 15) is 13.2 Å². The molecule has 130 valence electrons. The van der Waals surface area contributed by atoms with Crippen LogP contribution in [0.5, 0.6) is 0 Å². The molecular formula is C16H20BrN3O3S. The van der Waals surface area contributed by atoms with Gasteiger partial charge in [0.1, 0.15) is 10.6 Å². The normalized spacial score (nSPS) is 11.7. The number of nitrogens with zero attached hydrogens (tertiary/aromatic N) is 2. The van der Waals surface area contributed by atoms with Crippen molar-refractivity contribution in [3.05, 3.63) is 46.7 Å². The molecule has 0 fully saturated rings. The second kappa shape index (κ2) is 7.50. The Hall–Kier alpha value is -1.64. The molecule has 24 heavy (non-hydrogen) atoms. The second-order valence-corrected chi connectivity index (χ2v) is 8.08. The van der Waals surface area contributed by atoms with E-state index in [1.165, 1.54) is 21.1 Å². The van der Waals surface area contributed by atoms with Crippen molar-refractivity contribution in [3.63, 3.8) is 0 Å². The van der Waals surface area contributed by atoms with Gasteiger partial charge >= 0.3 is 0 Å². The first-order valence-electron chi connectivity index (χ1n) is 7.53. The van der Waals surface area contributed by atoms with Gasteiger partial charge in [0.15, 0.2) is 0 Å². The molecule has 0 bridgehead atoms. The summed E-state index contributed by atoms with van der Waals surface area (Å²) in [6.07, 6.45) is 1.46. The van der Waals surface area contributed by atoms with Crippen LogP contribution in [-0.4, -0.2) is 36.3 Å². The quantitative estimate of drug-likeness (QED) is 0.790. The predicted molar refractivity (Wildman–Crippen MR) is 97.6 cm³/mol. The number of hydrogen-bond donors (Lipinski definition) is 1. The Morgan fingerprint density at radius 3 is 2.50 bits per heavy atom. The molecule has 8 heteroatoms. The number of carbonyl (C=O) groups excluding carboxylic acids is 1. The maximum atomic E-state index is 12.6. The maximum absolute atomic E-state index is 12.6. The smallest absolute Gasteiger partial charge is 0.272 e. The molecule has 0 saturated heterocycles. The molecule has 2 rings (SSSR count). The van der Waals surface area contributed by atoms with Crippen molar-refractivity contribution in [2.75, 3.05) is 18.4 Å². The van der Waals surface area contributed by atoms with Crippen molar-refractivity contribution in [1.82, 2.24) is 8.87 Å². The van der Waals surface area contributed by atoms with Crippen molar-refractivity contribution < 1.29 is 13.2 Å². The molecule has 0 unspecified atom stereocenters. The molecule has 0 atom stereocenters. The van der Waals surface area contributed by atoms with E-state index in [4.69, 9.17) is 0 Å². The minimum atomic E-state index is -3.59. The zero-order chi connectivity index (χ0) is 17.9. The van der Waals surface area contributed by atoms with Crippen LogP contribution in [0.15, 0.2) is 45.9 Å². The van der Waals surface area contributed by atoms with E-state index in [1.54, 1.807) is 39.1 Å². The highest BCUT2D eigenvalue weighted by molar-refractivity contribution is 9.10. The summed E-state index contributed by atoms with van der Waals surface area (Å²) in [4.78, 5) is 12.6. The van der Waals surface area contributed by atoms with Gasteiger partial charge in [-0.15, -0.1) is 0 Å². The molecule has 6 nitrogen and oxygen atoms in total. The number of anilines is 1. The number of aromatic nitrogens is 1. The zero-order valence-electron chi connectivity index (χ0n) is 13.8. The highest BCUT2D eigenvalue weighted by Crippen LogP contribution is 2.20. The Morgan fingerprint density at radius 2 is 1.92 bits per heavy atom. The summed E-state index contributed by atoms with van der Waals surface area (Å²) in [6, 6.07) is 8.60. The maximum Gasteiger partial charge on any atom is 0.272 e. The van der Waals surface area contributed by atoms with Crippen molar-refractivity contribution in [3.8, 4) is 0 Å². The van der Waals surface area contributed by atoms with Gasteiger partial charge in [0, 0.05) is 36.5 Å². The molecule has 0 aliphatic heterocycles. The van der Waals surface area contributed by atoms with Gasteiger partial charge in [-0.05, 0) is 24.3 Å². The number of aryl methyl sites for hydroxylation is 1. The lowest BCUT2D eigenvalue weighted by Crippen LogP contribution is -2.30. The van der Waals surface area contributed by atoms with E-state index in [1.807, 2.05) is 6.07 Å². The van der Waals surface area contributed by atoms with Crippen LogP contribution in [0.3, 0.4) is 0 Å². The third kappa shape index (κ3) is 3.88. The number of sulfonamides is 1. The molecule has 0 saturated carbocycles. The molecule has 1 N–H and O–H groups in total. The SMILES string of the molecule is CCN(CC)S(=O)(=O)c1cc(C(=O)Nc2cccc(Br)c2)n(C)c1. The lowest BCUT2D eigenvalue weighted by molar-refractivity contribution is 0.101. The topological polar surface area (TPSA) is 71.4 Å². The van der Waals surface area contributed by atoms with Gasteiger partial charge in [-0.2, -0.15) is 4.31 Å². The molecule has 1 heterocycles. The van der Waals surface area contributed by atoms with Gasteiger partial charge in [-0.3, -0.25) is 4.79 Å². The lowest BCUT2D eigenvalue weighted by atomic mass is 10.3. The Bertz CT molecular complexity index is 842. The highest BCUT2D eigenvalue weighted by atomic mass is 79.9. The number of hydrogen-bond acceptors (Lipinski definition) is 3. The highest BCUT2D eigenvalue weighted by Gasteiger charge is 2.25. The van der Waals surface area contributed by atoms with Crippen LogP contribution >= 0.6 is 15.9 Å². The third-order valence-electron chi connectivity index (χ3n) is 3.64. The third-order valence-corrected chi connectivity index (χ3v) is 6.15. The number of amides is 1. The van der Waals surface area contributed by atoms with Crippen LogP contribution in [0, 0.1) is 0 Å². The number of rotatable bonds is 6. The van der Waals surface area contributed by atoms with E-state index in [0.29, 0.717) is 18.8 Å². The summed E-state index contributed by atoms with van der Waals surface area (Å²) >= 11 is 3.34. The monoisotopic (exact) mass is 413 g/mol. The van der Waals surface area contributed by atoms with Crippen molar-refractivity contribution in [2.24, 2.45) is 7.05 Å². The fourth-order valence-corrected chi connectivity index (χ4v) is 4.30. The molecule has 2 aromatic rings. The predicted octanol–water partition coefficient (Wildman–Crippen LogP) is 3.07. The van der Waals surface area contributed by atoms with E-state index in [-0.39, 0.29) is 16.5 Å². The van der Waals surface area contributed by atoms with Crippen LogP contribution in [0.1, 0.15) is 24.3 Å². The Kier molecular flexibility index (Phi) is 5.84. The molecule has 1 aromatic carbocycles. The Balaban J connectivity index is 2.30. The van der Waals surface area contributed by atoms with Crippen LogP contribution in [-0.2, 0) is 17.1 Å². The van der Waals surface area contributed by atoms with Crippen LogP contribution < -0.4 is 5.32 Å². The fourth-order valence-electron chi connectivity index (χ4n) is 2.37. The number of benzene rings is 1. The van der Waals surface area contributed by atoms with E-state index < -0.39 is 10.0 Å². The van der Waals surface area contributed by atoms with Crippen molar-refractivity contribution in [2.45, 2.75) is 18.7 Å². The molecule has 0 aliphatic carbocycles. The Morgan fingerprint density at radius 1 is 1.25 bits per heavy atom. The van der Waals surface area contributed by atoms with Gasteiger partial charge in [-0.1, -0.05) is 35.8 Å². The summed E-state index contributed by atoms with van der Waals surface area (Å²) in [5, 5.41) is 2.76. The Labute approximate surface area is 150 Å². The summed E-state index contributed by atoms with van der Waals surface area (Å²) in [5.41, 5.74) is 0.907. The minimum absolute atomic E-state index is 0.119. The van der Waals surface area contributed by atoms with Crippen LogP contribution in [0.2, 0.25) is 0 Å². The molecule has 0 spiro atoms. The molecule has 0 radical (unpaired) electrons. The molecular weight excluding hydrogens is 394 g/mol. The van der Waals surface area contributed by atoms with E-state index in [0.717, 1.165) is 4.47 Å². The number of nitrogens with one attached hydrogen (secondary N) is 1. The fraction of sp³-hybridized carbons (Fsp3) is 0.312. The lowest BCUT2D eigenvalue weighted by Gasteiger charge is -2.17. The van der Waals surface area contributed by atoms with Crippen molar-refractivity contribution >= 4 is 37.5 Å². The second-order valence-electron chi connectivity index (χ2n) is 5.23. The van der Waals surface area contributed by atoms with Crippen molar-refractivity contribution in [1.29, 1.82) is 0 Å². The van der Waals surface area contributed by atoms with Crippen LogP contribution in [0.4, 0.5) is 5.69 Å². The first-order chi connectivity index (χ1) is 11.3. The molecule has 1 aromatic heterocycles. The zero-order valence-corrected chi connectivity index (χ0v) is 16.2. The van der Waals surface area contributed by atoms with E-state index in [2.05, 4.69) is 21.2 Å². The molecule has 1 amide bonds. The summed E-state index contributed by atoms with van der Waals surface area (Å²) in [7, 11) is -1.94. The number of halogens is 1. The largest absolute Gasteiger partial charge is 0.345 e. The van der Waals surface area contributed by atoms with E-state index >= 15 is 0 Å². The molecule has 0 aliphatic rings. The first kappa shape index (κ1) is 18.7.